The van der Waals surface area contributed by atoms with Gasteiger partial charge in [0.1, 0.15) is 17.9 Å². The van der Waals surface area contributed by atoms with Gasteiger partial charge < -0.3 is 14.6 Å². The summed E-state index contributed by atoms with van der Waals surface area (Å²) in [6, 6.07) is 26.0. The molecule has 0 aliphatic rings. The van der Waals surface area contributed by atoms with E-state index in [1.807, 2.05) is 66.7 Å². The summed E-state index contributed by atoms with van der Waals surface area (Å²) >= 11 is 6.11. The summed E-state index contributed by atoms with van der Waals surface area (Å²) in [5.74, 6) is 1.63. The quantitative estimate of drug-likeness (QED) is 0.333. The van der Waals surface area contributed by atoms with Gasteiger partial charge in [-0.05, 0) is 47.5 Å². The summed E-state index contributed by atoms with van der Waals surface area (Å²) in [5.41, 5.74) is 5.12. The number of methoxy groups -OCH3 is 1. The van der Waals surface area contributed by atoms with Gasteiger partial charge in [-0.3, -0.25) is 0 Å². The van der Waals surface area contributed by atoms with Crippen LogP contribution in [-0.2, 0) is 6.54 Å². The molecule has 0 aliphatic carbocycles. The molecule has 0 saturated heterocycles. The van der Waals surface area contributed by atoms with Gasteiger partial charge in [0.05, 0.1) is 12.5 Å². The third-order valence-electron chi connectivity index (χ3n) is 5.39. The monoisotopic (exact) mass is 440 g/mol. The Labute approximate surface area is 191 Å². The van der Waals surface area contributed by atoms with Gasteiger partial charge in [0.15, 0.2) is 5.65 Å². The van der Waals surface area contributed by atoms with E-state index < -0.39 is 0 Å². The fraction of sp³-hybridized carbons (Fsp3) is 0.0769. The first kappa shape index (κ1) is 20.1. The Hall–Kier alpha value is -3.83. The van der Waals surface area contributed by atoms with Gasteiger partial charge in [0, 0.05) is 29.0 Å². The van der Waals surface area contributed by atoms with Crippen LogP contribution in [0, 0.1) is 0 Å². The Kier molecular flexibility index (Phi) is 5.48. The molecular formula is C26H21ClN4O. The van der Waals surface area contributed by atoms with Crippen LogP contribution in [0.5, 0.6) is 5.75 Å². The average Bonchev–Trinajstić information content (AvgIpc) is 3.24. The lowest BCUT2D eigenvalue weighted by atomic mass is 10.1. The number of fused-ring (bicyclic) bond motifs is 1. The molecule has 0 saturated carbocycles. The van der Waals surface area contributed by atoms with Gasteiger partial charge in [-0.1, -0.05) is 54.1 Å². The molecule has 3 aromatic carbocycles. The third-order valence-corrected chi connectivity index (χ3v) is 5.64. The SMILES string of the molecule is COc1ccc(CNc2ncnc3c2c(-c2ccccc2)cn3-c2ccc(Cl)cc2)cc1. The minimum Gasteiger partial charge on any atom is -0.497 e. The second kappa shape index (κ2) is 8.73. The number of benzene rings is 3. The van der Waals surface area contributed by atoms with Crippen LogP contribution < -0.4 is 10.1 Å². The van der Waals surface area contributed by atoms with Crippen molar-refractivity contribution in [2.24, 2.45) is 0 Å². The Morgan fingerprint density at radius 1 is 0.906 bits per heavy atom. The van der Waals surface area contributed by atoms with Crippen LogP contribution in [0.1, 0.15) is 5.56 Å². The van der Waals surface area contributed by atoms with Gasteiger partial charge in [-0.15, -0.1) is 0 Å². The third kappa shape index (κ3) is 3.90. The summed E-state index contributed by atoms with van der Waals surface area (Å²) in [7, 11) is 1.67. The van der Waals surface area contributed by atoms with Crippen molar-refractivity contribution < 1.29 is 4.74 Å². The number of ether oxygens (including phenoxy) is 1. The Bertz CT molecular complexity index is 1350. The second-order valence-electron chi connectivity index (χ2n) is 7.38. The molecule has 5 nitrogen and oxygen atoms in total. The molecule has 0 radical (unpaired) electrons. The highest BCUT2D eigenvalue weighted by molar-refractivity contribution is 6.30. The molecule has 0 atom stereocenters. The Morgan fingerprint density at radius 3 is 2.38 bits per heavy atom. The lowest BCUT2D eigenvalue weighted by Crippen LogP contribution is -2.03. The lowest BCUT2D eigenvalue weighted by Gasteiger charge is -2.09. The number of rotatable bonds is 6. The van der Waals surface area contributed by atoms with E-state index >= 15 is 0 Å². The van der Waals surface area contributed by atoms with E-state index in [9.17, 15) is 0 Å². The molecule has 2 aromatic heterocycles. The first-order chi connectivity index (χ1) is 15.7. The molecule has 0 unspecified atom stereocenters. The number of nitrogens with zero attached hydrogens (tertiary/aromatic N) is 3. The summed E-state index contributed by atoms with van der Waals surface area (Å²) in [6.07, 6.45) is 3.70. The predicted octanol–water partition coefficient (Wildman–Crippen LogP) is 6.36. The van der Waals surface area contributed by atoms with Gasteiger partial charge in [0.25, 0.3) is 0 Å². The van der Waals surface area contributed by atoms with Crippen molar-refractivity contribution in [3.63, 3.8) is 0 Å². The fourth-order valence-electron chi connectivity index (χ4n) is 3.76. The van der Waals surface area contributed by atoms with E-state index in [0.29, 0.717) is 11.6 Å². The van der Waals surface area contributed by atoms with E-state index in [2.05, 4.69) is 38.2 Å². The molecule has 1 N–H and O–H groups in total. The highest BCUT2D eigenvalue weighted by Gasteiger charge is 2.17. The standard InChI is InChI=1S/C26H21ClN4O/c1-32-22-13-7-18(8-14-22)15-28-25-24-23(19-5-3-2-4-6-19)16-31(26(24)30-17-29-25)21-11-9-20(27)10-12-21/h2-14,16-17H,15H2,1H3,(H,28,29,30). The minimum absolute atomic E-state index is 0.635. The number of nitrogens with one attached hydrogen (secondary N) is 1. The molecule has 32 heavy (non-hydrogen) atoms. The number of hydrogen-bond donors (Lipinski definition) is 1. The first-order valence-electron chi connectivity index (χ1n) is 10.3. The molecule has 2 heterocycles. The largest absolute Gasteiger partial charge is 0.497 e. The van der Waals surface area contributed by atoms with Gasteiger partial charge in [-0.2, -0.15) is 0 Å². The van der Waals surface area contributed by atoms with Crippen LogP contribution in [0.3, 0.4) is 0 Å². The van der Waals surface area contributed by atoms with E-state index in [1.54, 1.807) is 13.4 Å². The van der Waals surface area contributed by atoms with E-state index in [-0.39, 0.29) is 0 Å². The minimum atomic E-state index is 0.635. The van der Waals surface area contributed by atoms with Crippen LogP contribution in [0.15, 0.2) is 91.4 Å². The van der Waals surface area contributed by atoms with Crippen molar-refractivity contribution in [1.29, 1.82) is 0 Å². The molecule has 5 aromatic rings. The van der Waals surface area contributed by atoms with Crippen LogP contribution in [0.25, 0.3) is 27.8 Å². The van der Waals surface area contributed by atoms with Crippen molar-refractivity contribution >= 4 is 28.5 Å². The van der Waals surface area contributed by atoms with E-state index in [0.717, 1.165) is 45.0 Å². The smallest absolute Gasteiger partial charge is 0.150 e. The lowest BCUT2D eigenvalue weighted by molar-refractivity contribution is 0.414. The average molecular weight is 441 g/mol. The molecule has 0 aliphatic heterocycles. The van der Waals surface area contributed by atoms with Crippen LogP contribution >= 0.6 is 11.6 Å². The zero-order chi connectivity index (χ0) is 21.9. The number of hydrogen-bond acceptors (Lipinski definition) is 4. The maximum absolute atomic E-state index is 6.11. The summed E-state index contributed by atoms with van der Waals surface area (Å²) in [4.78, 5) is 9.21. The normalized spacial score (nSPS) is 10.9. The topological polar surface area (TPSA) is 52.0 Å². The van der Waals surface area contributed by atoms with E-state index in [4.69, 9.17) is 16.3 Å². The number of halogens is 1. The fourth-order valence-corrected chi connectivity index (χ4v) is 3.89. The molecule has 6 heteroatoms. The molecule has 0 bridgehead atoms. The first-order valence-corrected chi connectivity index (χ1v) is 10.6. The second-order valence-corrected chi connectivity index (χ2v) is 7.81. The molecule has 0 amide bonds. The number of aromatic nitrogens is 3. The van der Waals surface area contributed by atoms with Crippen molar-refractivity contribution in [2.75, 3.05) is 12.4 Å². The maximum atomic E-state index is 6.11. The van der Waals surface area contributed by atoms with Gasteiger partial charge in [0.2, 0.25) is 0 Å². The predicted molar refractivity (Wildman–Crippen MR) is 130 cm³/mol. The molecule has 0 fully saturated rings. The molecule has 5 rings (SSSR count). The van der Waals surface area contributed by atoms with Crippen LogP contribution in [-0.4, -0.2) is 21.6 Å². The number of anilines is 1. The summed E-state index contributed by atoms with van der Waals surface area (Å²) in [5, 5.41) is 5.17. The van der Waals surface area contributed by atoms with E-state index in [1.165, 1.54) is 0 Å². The molecule has 158 valence electrons. The van der Waals surface area contributed by atoms with Crippen molar-refractivity contribution in [3.8, 4) is 22.6 Å². The molecule has 0 spiro atoms. The Morgan fingerprint density at radius 2 is 1.66 bits per heavy atom. The maximum Gasteiger partial charge on any atom is 0.150 e. The van der Waals surface area contributed by atoms with Crippen LogP contribution in [0.2, 0.25) is 5.02 Å². The van der Waals surface area contributed by atoms with Crippen molar-refractivity contribution in [3.05, 3.63) is 102 Å². The van der Waals surface area contributed by atoms with Crippen LogP contribution in [0.4, 0.5) is 5.82 Å². The Balaban J connectivity index is 1.60. The summed E-state index contributed by atoms with van der Waals surface area (Å²) in [6.45, 7) is 0.635. The highest BCUT2D eigenvalue weighted by Crippen LogP contribution is 2.35. The summed E-state index contributed by atoms with van der Waals surface area (Å²) < 4.78 is 7.33. The van der Waals surface area contributed by atoms with Gasteiger partial charge in [-0.25, -0.2) is 9.97 Å². The highest BCUT2D eigenvalue weighted by atomic mass is 35.5. The van der Waals surface area contributed by atoms with Gasteiger partial charge >= 0.3 is 0 Å². The van der Waals surface area contributed by atoms with Crippen molar-refractivity contribution in [1.82, 2.24) is 14.5 Å². The zero-order valence-corrected chi connectivity index (χ0v) is 18.3. The molecular weight excluding hydrogens is 420 g/mol. The zero-order valence-electron chi connectivity index (χ0n) is 17.5. The van der Waals surface area contributed by atoms with Crippen molar-refractivity contribution in [2.45, 2.75) is 6.54 Å².